The maximum atomic E-state index is 13.5. The summed E-state index contributed by atoms with van der Waals surface area (Å²) in [4.78, 5) is 50.6. The molecule has 2 saturated carbocycles. The lowest BCUT2D eigenvalue weighted by molar-refractivity contribution is -0.142. The maximum Gasteiger partial charge on any atom is 0.254 e. The zero-order chi connectivity index (χ0) is 22.2. The van der Waals surface area contributed by atoms with Crippen molar-refractivity contribution in [1.29, 1.82) is 0 Å². The van der Waals surface area contributed by atoms with Crippen molar-refractivity contribution in [3.05, 3.63) is 27.4 Å². The fourth-order valence-electron chi connectivity index (χ4n) is 5.69. The number of carbonyl (C=O) groups excluding carboxylic acids is 2. The minimum atomic E-state index is -0.202. The van der Waals surface area contributed by atoms with Crippen LogP contribution in [-0.2, 0) is 27.3 Å². The Morgan fingerprint density at radius 3 is 2.62 bits per heavy atom. The summed E-state index contributed by atoms with van der Waals surface area (Å²) in [5, 5.41) is 0. The Bertz CT molecular complexity index is 940. The molecule has 1 saturated heterocycles. The summed E-state index contributed by atoms with van der Waals surface area (Å²) in [5.41, 5.74) is 1.29. The van der Waals surface area contributed by atoms with Gasteiger partial charge in [0.05, 0.1) is 24.4 Å². The number of amides is 2. The van der Waals surface area contributed by atoms with Crippen LogP contribution in [0.2, 0.25) is 0 Å². The Morgan fingerprint density at radius 2 is 1.84 bits per heavy atom. The molecule has 32 heavy (non-hydrogen) atoms. The molecule has 5 rings (SSSR count). The molecule has 0 bridgehead atoms. The Morgan fingerprint density at radius 1 is 1.00 bits per heavy atom. The van der Waals surface area contributed by atoms with E-state index in [1.54, 1.807) is 7.11 Å². The van der Waals surface area contributed by atoms with Crippen LogP contribution in [0.1, 0.15) is 80.9 Å². The van der Waals surface area contributed by atoms with Crippen molar-refractivity contribution in [2.24, 2.45) is 11.8 Å². The molecule has 3 atom stereocenters. The average Bonchev–Trinajstić information content (AvgIpc) is 3.68. The second-order valence-electron chi connectivity index (χ2n) is 9.92. The number of nitrogens with one attached hydrogen (secondary N) is 1. The van der Waals surface area contributed by atoms with Crippen LogP contribution >= 0.6 is 0 Å². The molecule has 1 aromatic heterocycles. The highest BCUT2D eigenvalue weighted by atomic mass is 16.5. The van der Waals surface area contributed by atoms with E-state index in [0.717, 1.165) is 57.8 Å². The first kappa shape index (κ1) is 21.6. The quantitative estimate of drug-likeness (QED) is 0.772. The molecule has 2 aliphatic carbocycles. The van der Waals surface area contributed by atoms with Gasteiger partial charge in [0, 0.05) is 37.6 Å². The van der Waals surface area contributed by atoms with Crippen molar-refractivity contribution in [3.63, 3.8) is 0 Å². The number of likely N-dealkylation sites (tertiary alicyclic amines) is 1. The largest absolute Gasteiger partial charge is 0.381 e. The number of piperidine rings is 1. The first-order valence-electron chi connectivity index (χ1n) is 12.3. The predicted octanol–water partition coefficient (Wildman–Crippen LogP) is 2.32. The van der Waals surface area contributed by atoms with Crippen LogP contribution in [0.15, 0.2) is 4.79 Å². The molecule has 3 fully saturated rings. The van der Waals surface area contributed by atoms with Crippen LogP contribution in [0.4, 0.5) is 0 Å². The molecule has 4 aliphatic rings. The number of rotatable bonds is 4. The Labute approximate surface area is 188 Å². The van der Waals surface area contributed by atoms with Gasteiger partial charge in [-0.3, -0.25) is 14.4 Å². The summed E-state index contributed by atoms with van der Waals surface area (Å²) in [5.74, 6) is 1.09. The summed E-state index contributed by atoms with van der Waals surface area (Å²) < 4.78 is 5.54. The number of methoxy groups -OCH3 is 1. The van der Waals surface area contributed by atoms with Gasteiger partial charge in [0.1, 0.15) is 5.82 Å². The molecule has 1 N–H and O–H groups in total. The van der Waals surface area contributed by atoms with Gasteiger partial charge in [0.25, 0.3) is 5.56 Å². The molecule has 174 valence electrons. The van der Waals surface area contributed by atoms with Gasteiger partial charge in [0.2, 0.25) is 11.8 Å². The molecule has 3 heterocycles. The summed E-state index contributed by atoms with van der Waals surface area (Å²) in [7, 11) is 1.72. The first-order valence-corrected chi connectivity index (χ1v) is 12.3. The number of aromatic nitrogens is 2. The van der Waals surface area contributed by atoms with Gasteiger partial charge in [-0.1, -0.05) is 6.42 Å². The van der Waals surface area contributed by atoms with E-state index in [2.05, 4.69) is 4.98 Å². The Kier molecular flexibility index (Phi) is 6.05. The molecule has 0 aromatic carbocycles. The normalized spacial score (nSPS) is 28.3. The van der Waals surface area contributed by atoms with Crippen molar-refractivity contribution < 1.29 is 14.3 Å². The van der Waals surface area contributed by atoms with Crippen molar-refractivity contribution in [2.45, 2.75) is 82.9 Å². The highest BCUT2D eigenvalue weighted by Crippen LogP contribution is 2.35. The van der Waals surface area contributed by atoms with E-state index in [0.29, 0.717) is 43.1 Å². The fraction of sp³-hybridized carbons (Fsp3) is 0.750. The van der Waals surface area contributed by atoms with Crippen molar-refractivity contribution in [1.82, 2.24) is 19.8 Å². The van der Waals surface area contributed by atoms with Crippen LogP contribution < -0.4 is 5.56 Å². The Balaban J connectivity index is 1.38. The van der Waals surface area contributed by atoms with Gasteiger partial charge >= 0.3 is 0 Å². The minimum absolute atomic E-state index is 0.0229. The standard InChI is InChI=1S/C24H34N4O4/c1-32-17-6-4-5-16(13-17)24(31)28-11-3-2-7-20(28)21-25-19-14-27(23(30)15-8-9-15)12-10-18(19)22(29)26-21/h15-17,20H,2-14H2,1H3,(H,25,26,29)/t16-,17+,20-/m1/s1. The smallest absolute Gasteiger partial charge is 0.254 e. The summed E-state index contributed by atoms with van der Waals surface area (Å²) >= 11 is 0. The zero-order valence-corrected chi connectivity index (χ0v) is 19.0. The van der Waals surface area contributed by atoms with Crippen molar-refractivity contribution in [2.75, 3.05) is 20.2 Å². The summed E-state index contributed by atoms with van der Waals surface area (Å²) in [6.07, 6.45) is 9.11. The molecule has 8 heteroatoms. The number of ether oxygens (including phenoxy) is 1. The average molecular weight is 443 g/mol. The highest BCUT2D eigenvalue weighted by molar-refractivity contribution is 5.81. The minimum Gasteiger partial charge on any atom is -0.381 e. The number of aromatic amines is 1. The molecular formula is C24H34N4O4. The van der Waals surface area contributed by atoms with Gasteiger partial charge in [-0.25, -0.2) is 4.98 Å². The molecule has 8 nitrogen and oxygen atoms in total. The van der Waals surface area contributed by atoms with Gasteiger partial charge in [-0.2, -0.15) is 0 Å². The van der Waals surface area contributed by atoms with Gasteiger partial charge in [0.15, 0.2) is 0 Å². The summed E-state index contributed by atoms with van der Waals surface area (Å²) in [6, 6.07) is -0.202. The van der Waals surface area contributed by atoms with Gasteiger partial charge in [-0.05, 0) is 57.8 Å². The lowest BCUT2D eigenvalue weighted by Crippen LogP contribution is -2.45. The third-order valence-electron chi connectivity index (χ3n) is 7.74. The second kappa shape index (κ2) is 8.96. The van der Waals surface area contributed by atoms with Crippen LogP contribution in [0.5, 0.6) is 0 Å². The molecule has 0 unspecified atom stereocenters. The Hall–Kier alpha value is -2.22. The lowest BCUT2D eigenvalue weighted by atomic mass is 9.85. The number of carbonyl (C=O) groups is 2. The third-order valence-corrected chi connectivity index (χ3v) is 7.74. The van der Waals surface area contributed by atoms with E-state index in [9.17, 15) is 14.4 Å². The predicted molar refractivity (Wildman–Crippen MR) is 118 cm³/mol. The van der Waals surface area contributed by atoms with E-state index in [1.807, 2.05) is 9.80 Å². The van der Waals surface area contributed by atoms with Crippen molar-refractivity contribution >= 4 is 11.8 Å². The van der Waals surface area contributed by atoms with E-state index in [-0.39, 0.29) is 41.4 Å². The molecule has 2 aliphatic heterocycles. The molecule has 0 radical (unpaired) electrons. The lowest BCUT2D eigenvalue weighted by Gasteiger charge is -2.39. The van der Waals surface area contributed by atoms with E-state index in [1.165, 1.54) is 0 Å². The van der Waals surface area contributed by atoms with Gasteiger partial charge < -0.3 is 19.5 Å². The number of hydrogen-bond donors (Lipinski definition) is 1. The summed E-state index contributed by atoms with van der Waals surface area (Å²) in [6.45, 7) is 1.69. The fourth-order valence-corrected chi connectivity index (χ4v) is 5.69. The number of fused-ring (bicyclic) bond motifs is 1. The molecule has 0 spiro atoms. The zero-order valence-electron chi connectivity index (χ0n) is 19.0. The first-order chi connectivity index (χ1) is 15.5. The van der Waals surface area contributed by atoms with Crippen LogP contribution in [0.25, 0.3) is 0 Å². The molecular weight excluding hydrogens is 408 g/mol. The van der Waals surface area contributed by atoms with Gasteiger partial charge in [-0.15, -0.1) is 0 Å². The monoisotopic (exact) mass is 442 g/mol. The maximum absolute atomic E-state index is 13.5. The number of hydrogen-bond acceptors (Lipinski definition) is 5. The van der Waals surface area contributed by atoms with Crippen molar-refractivity contribution in [3.8, 4) is 0 Å². The van der Waals surface area contributed by atoms with E-state index >= 15 is 0 Å². The highest BCUT2D eigenvalue weighted by Gasteiger charge is 2.38. The van der Waals surface area contributed by atoms with Crippen LogP contribution in [-0.4, -0.2) is 57.9 Å². The molecule has 1 aromatic rings. The topological polar surface area (TPSA) is 95.6 Å². The number of nitrogens with zero attached hydrogens (tertiary/aromatic N) is 3. The van der Waals surface area contributed by atoms with E-state index in [4.69, 9.17) is 9.72 Å². The molecule has 2 amide bonds. The number of H-pyrrole nitrogens is 1. The SMILES string of the molecule is CO[C@H]1CCC[C@@H](C(=O)N2CCCC[C@@H]2c2nc3c(c(=O)[nH]2)CCN(C(=O)C2CC2)C3)C1. The van der Waals surface area contributed by atoms with E-state index < -0.39 is 0 Å². The van der Waals surface area contributed by atoms with Crippen LogP contribution in [0, 0.1) is 11.8 Å². The van der Waals surface area contributed by atoms with Crippen LogP contribution in [0.3, 0.4) is 0 Å². The third kappa shape index (κ3) is 4.21. The second-order valence-corrected chi connectivity index (χ2v) is 9.92.